The van der Waals surface area contributed by atoms with Gasteiger partial charge in [0.25, 0.3) is 0 Å². The average Bonchev–Trinajstić information content (AvgIpc) is 2.88. The number of carboxylic acids is 1. The van der Waals surface area contributed by atoms with Crippen molar-refractivity contribution in [1.29, 1.82) is 0 Å². The molecule has 2 amide bonds. The van der Waals surface area contributed by atoms with E-state index in [1.165, 1.54) is 0 Å². The van der Waals surface area contributed by atoms with Gasteiger partial charge in [0.15, 0.2) is 0 Å². The van der Waals surface area contributed by atoms with Gasteiger partial charge in [-0.1, -0.05) is 25.0 Å². The maximum Gasteiger partial charge on any atom is 0.329 e. The van der Waals surface area contributed by atoms with Crippen molar-refractivity contribution in [2.45, 2.75) is 37.8 Å². The highest BCUT2D eigenvalue weighted by Gasteiger charge is 2.42. The van der Waals surface area contributed by atoms with E-state index in [1.54, 1.807) is 0 Å². The maximum atomic E-state index is 11.9. The second-order valence-corrected chi connectivity index (χ2v) is 6.27. The summed E-state index contributed by atoms with van der Waals surface area (Å²) in [4.78, 5) is 23.2. The zero-order chi connectivity index (χ0) is 14.6. The highest BCUT2D eigenvalue weighted by Crippen LogP contribution is 2.29. The van der Waals surface area contributed by atoms with E-state index in [2.05, 4.69) is 33.2 Å². The molecule has 0 atom stereocenters. The van der Waals surface area contributed by atoms with Gasteiger partial charge in [-0.25, -0.2) is 9.59 Å². The van der Waals surface area contributed by atoms with Gasteiger partial charge in [0.05, 0.1) is 0 Å². The summed E-state index contributed by atoms with van der Waals surface area (Å²) in [5.41, 5.74) is -0.104. The molecule has 1 aliphatic carbocycles. The standard InChI is InChI=1S/C14H17IN2O3/c15-11-5-3-10(4-6-11)9-16-13(20)17-14(12(18)19)7-1-2-8-14/h3-6H,1-2,7-9H2,(H,18,19)(H2,16,17,20). The first-order chi connectivity index (χ1) is 9.52. The zero-order valence-corrected chi connectivity index (χ0v) is 13.1. The molecule has 0 unspecified atom stereocenters. The lowest BCUT2D eigenvalue weighted by Gasteiger charge is -2.25. The number of halogens is 1. The molecule has 6 heteroatoms. The van der Waals surface area contributed by atoms with Gasteiger partial charge in [-0.2, -0.15) is 0 Å². The first-order valence-corrected chi connectivity index (χ1v) is 7.64. The highest BCUT2D eigenvalue weighted by atomic mass is 127. The van der Waals surface area contributed by atoms with Gasteiger partial charge in [-0.05, 0) is 53.1 Å². The third kappa shape index (κ3) is 3.62. The summed E-state index contributed by atoms with van der Waals surface area (Å²) in [6.45, 7) is 0.387. The van der Waals surface area contributed by atoms with Gasteiger partial charge < -0.3 is 15.7 Å². The molecule has 1 aromatic rings. The molecular weight excluding hydrogens is 371 g/mol. The molecule has 1 aromatic carbocycles. The smallest absolute Gasteiger partial charge is 0.329 e. The van der Waals surface area contributed by atoms with E-state index in [4.69, 9.17) is 0 Å². The van der Waals surface area contributed by atoms with Crippen LogP contribution in [-0.2, 0) is 11.3 Å². The van der Waals surface area contributed by atoms with Crippen molar-refractivity contribution in [3.05, 3.63) is 33.4 Å². The van der Waals surface area contributed by atoms with Crippen LogP contribution in [0, 0.1) is 3.57 Å². The third-order valence-corrected chi connectivity index (χ3v) is 4.30. The van der Waals surface area contributed by atoms with Gasteiger partial charge in [-0.3, -0.25) is 0 Å². The van der Waals surface area contributed by atoms with Gasteiger partial charge >= 0.3 is 12.0 Å². The lowest BCUT2D eigenvalue weighted by Crippen LogP contribution is -2.55. The molecule has 1 saturated carbocycles. The summed E-state index contributed by atoms with van der Waals surface area (Å²) in [6.07, 6.45) is 2.67. The molecule has 0 heterocycles. The molecule has 5 nitrogen and oxygen atoms in total. The van der Waals surface area contributed by atoms with Crippen LogP contribution in [0.15, 0.2) is 24.3 Å². The number of carbonyl (C=O) groups is 2. The Balaban J connectivity index is 1.89. The van der Waals surface area contributed by atoms with Crippen LogP contribution in [0.3, 0.4) is 0 Å². The first-order valence-electron chi connectivity index (χ1n) is 6.56. The molecule has 3 N–H and O–H groups in total. The summed E-state index contributed by atoms with van der Waals surface area (Å²) >= 11 is 2.22. The number of hydrogen-bond donors (Lipinski definition) is 3. The van der Waals surface area contributed by atoms with Crippen molar-refractivity contribution in [3.63, 3.8) is 0 Å². The Kier molecular flexibility index (Phi) is 4.85. The molecule has 1 aliphatic rings. The molecular formula is C14H17IN2O3. The number of nitrogens with one attached hydrogen (secondary N) is 2. The van der Waals surface area contributed by atoms with Crippen LogP contribution in [0.1, 0.15) is 31.2 Å². The van der Waals surface area contributed by atoms with Crippen molar-refractivity contribution in [1.82, 2.24) is 10.6 Å². The Hall–Kier alpha value is -1.31. The van der Waals surface area contributed by atoms with Gasteiger partial charge in [0, 0.05) is 10.1 Å². The number of aliphatic carboxylic acids is 1. The Morgan fingerprint density at radius 2 is 1.80 bits per heavy atom. The number of amides is 2. The van der Waals surface area contributed by atoms with Crippen LogP contribution in [0.2, 0.25) is 0 Å². The summed E-state index contributed by atoms with van der Waals surface area (Å²) in [5, 5.41) is 14.6. The molecule has 108 valence electrons. The van der Waals surface area contributed by atoms with Crippen molar-refractivity contribution in [2.75, 3.05) is 0 Å². The molecule has 1 fully saturated rings. The molecule has 0 spiro atoms. The Morgan fingerprint density at radius 1 is 1.20 bits per heavy atom. The Labute approximate surface area is 131 Å². The molecule has 0 bridgehead atoms. The van der Waals surface area contributed by atoms with Gasteiger partial charge in [0.2, 0.25) is 0 Å². The Morgan fingerprint density at radius 3 is 2.35 bits per heavy atom. The molecule has 0 saturated heterocycles. The predicted octanol–water partition coefficient (Wildman–Crippen LogP) is 2.49. The fourth-order valence-electron chi connectivity index (χ4n) is 2.42. The normalized spacial score (nSPS) is 16.6. The van der Waals surface area contributed by atoms with Crippen molar-refractivity contribution in [2.24, 2.45) is 0 Å². The monoisotopic (exact) mass is 388 g/mol. The molecule has 2 rings (SSSR count). The van der Waals surface area contributed by atoms with Crippen LogP contribution in [0.4, 0.5) is 4.79 Å². The van der Waals surface area contributed by atoms with Crippen LogP contribution < -0.4 is 10.6 Å². The number of urea groups is 1. The van der Waals surface area contributed by atoms with Crippen molar-refractivity contribution in [3.8, 4) is 0 Å². The molecule has 0 aromatic heterocycles. The van der Waals surface area contributed by atoms with E-state index in [-0.39, 0.29) is 0 Å². The van der Waals surface area contributed by atoms with E-state index in [9.17, 15) is 14.7 Å². The zero-order valence-electron chi connectivity index (χ0n) is 11.0. The summed E-state index contributed by atoms with van der Waals surface area (Å²) in [7, 11) is 0. The van der Waals surface area contributed by atoms with Crippen LogP contribution in [-0.4, -0.2) is 22.6 Å². The van der Waals surface area contributed by atoms with Crippen molar-refractivity contribution >= 4 is 34.6 Å². The fourth-order valence-corrected chi connectivity index (χ4v) is 2.78. The molecule has 0 aliphatic heterocycles. The van der Waals surface area contributed by atoms with Gasteiger partial charge in [0.1, 0.15) is 5.54 Å². The summed E-state index contributed by atoms with van der Waals surface area (Å²) < 4.78 is 1.13. The summed E-state index contributed by atoms with van der Waals surface area (Å²) in [5.74, 6) is -0.945. The van der Waals surface area contributed by atoms with Crippen LogP contribution in [0.25, 0.3) is 0 Å². The van der Waals surface area contributed by atoms with Crippen molar-refractivity contribution < 1.29 is 14.7 Å². The SMILES string of the molecule is O=C(NCc1ccc(I)cc1)NC1(C(=O)O)CCCC1. The van der Waals surface area contributed by atoms with E-state index in [0.717, 1.165) is 22.0 Å². The molecule has 0 radical (unpaired) electrons. The highest BCUT2D eigenvalue weighted by molar-refractivity contribution is 14.1. The quantitative estimate of drug-likeness (QED) is 0.694. The second kappa shape index (κ2) is 6.43. The maximum absolute atomic E-state index is 11.9. The van der Waals surface area contributed by atoms with E-state index in [0.29, 0.717) is 19.4 Å². The van der Waals surface area contributed by atoms with Gasteiger partial charge in [-0.15, -0.1) is 0 Å². The fraction of sp³-hybridized carbons (Fsp3) is 0.429. The number of carboxylic acid groups (broad SMARTS) is 1. The lowest BCUT2D eigenvalue weighted by atomic mass is 9.98. The van der Waals surface area contributed by atoms with E-state index < -0.39 is 17.5 Å². The number of rotatable bonds is 4. The van der Waals surface area contributed by atoms with Crippen LogP contribution >= 0.6 is 22.6 Å². The topological polar surface area (TPSA) is 78.4 Å². The minimum atomic E-state index is -1.09. The largest absolute Gasteiger partial charge is 0.480 e. The van der Waals surface area contributed by atoms with Crippen LogP contribution in [0.5, 0.6) is 0 Å². The number of carbonyl (C=O) groups excluding carboxylic acids is 1. The second-order valence-electron chi connectivity index (χ2n) is 5.03. The average molecular weight is 388 g/mol. The third-order valence-electron chi connectivity index (χ3n) is 3.59. The minimum absolute atomic E-state index is 0.387. The minimum Gasteiger partial charge on any atom is -0.480 e. The predicted molar refractivity (Wildman–Crippen MR) is 83.4 cm³/mol. The lowest BCUT2D eigenvalue weighted by molar-refractivity contribution is -0.144. The number of hydrogen-bond acceptors (Lipinski definition) is 2. The summed E-state index contributed by atoms with van der Waals surface area (Å²) in [6, 6.07) is 7.37. The Bertz CT molecular complexity index is 496. The first kappa shape index (κ1) is 15.1. The van der Waals surface area contributed by atoms with E-state index in [1.807, 2.05) is 24.3 Å². The van der Waals surface area contributed by atoms with E-state index >= 15 is 0 Å². The number of benzene rings is 1. The molecule has 20 heavy (non-hydrogen) atoms.